The lowest BCUT2D eigenvalue weighted by Gasteiger charge is -2.19. The number of hydrogen-bond acceptors (Lipinski definition) is 5. The number of carbonyl (C=O) groups excluding carboxylic acids is 1. The lowest BCUT2D eigenvalue weighted by atomic mass is 10.2. The third-order valence-corrected chi connectivity index (χ3v) is 2.99. The van der Waals surface area contributed by atoms with E-state index in [9.17, 15) is 4.79 Å². The van der Waals surface area contributed by atoms with Crippen LogP contribution < -0.4 is 10.6 Å². The number of nitrogens with zero attached hydrogens (tertiary/aromatic N) is 1. The molecule has 0 amide bonds. The fourth-order valence-corrected chi connectivity index (χ4v) is 2.03. The van der Waals surface area contributed by atoms with Crippen molar-refractivity contribution >= 4 is 11.9 Å². The van der Waals surface area contributed by atoms with Crippen molar-refractivity contribution in [3.8, 4) is 0 Å². The van der Waals surface area contributed by atoms with Crippen molar-refractivity contribution in [2.24, 2.45) is 4.99 Å². The van der Waals surface area contributed by atoms with Gasteiger partial charge in [-0.2, -0.15) is 0 Å². The highest BCUT2D eigenvalue weighted by Gasteiger charge is 2.16. The molecule has 2 N–H and O–H groups in total. The molecule has 1 fully saturated rings. The molecule has 1 heterocycles. The molecule has 1 aliphatic heterocycles. The number of hydrogen-bond donors (Lipinski definition) is 2. The van der Waals surface area contributed by atoms with Crippen LogP contribution in [0.15, 0.2) is 4.99 Å². The van der Waals surface area contributed by atoms with Gasteiger partial charge in [0.15, 0.2) is 5.96 Å². The van der Waals surface area contributed by atoms with E-state index in [4.69, 9.17) is 14.2 Å². The Morgan fingerprint density at radius 2 is 2.13 bits per heavy atom. The summed E-state index contributed by atoms with van der Waals surface area (Å²) < 4.78 is 16.2. The zero-order chi connectivity index (χ0) is 17.1. The van der Waals surface area contributed by atoms with E-state index < -0.39 is 5.60 Å². The first-order valence-electron chi connectivity index (χ1n) is 8.34. The van der Waals surface area contributed by atoms with Crippen LogP contribution in [-0.2, 0) is 19.0 Å². The summed E-state index contributed by atoms with van der Waals surface area (Å²) in [6, 6.07) is 0. The molecule has 0 aromatic rings. The third kappa shape index (κ3) is 10.1. The maximum absolute atomic E-state index is 11.7. The minimum atomic E-state index is -0.486. The average molecular weight is 329 g/mol. The molecule has 0 saturated carbocycles. The lowest BCUT2D eigenvalue weighted by Crippen LogP contribution is -2.39. The Kier molecular flexibility index (Phi) is 8.94. The number of nitrogens with one attached hydrogen (secondary N) is 2. The topological polar surface area (TPSA) is 81.2 Å². The van der Waals surface area contributed by atoms with Gasteiger partial charge in [0.2, 0.25) is 0 Å². The van der Waals surface area contributed by atoms with Crippen molar-refractivity contribution in [2.75, 3.05) is 39.5 Å². The Bertz CT molecular complexity index is 374. The standard InChI is InChI=1S/C16H31N3O4/c1-5-17-15(19-11-14(20)23-16(2,3)4)18-8-6-9-22-13-7-10-21-12-13/h13H,5-12H2,1-4H3,(H2,17,18,19). The average Bonchev–Trinajstić information content (AvgIpc) is 2.95. The Morgan fingerprint density at radius 1 is 1.35 bits per heavy atom. The number of esters is 1. The van der Waals surface area contributed by atoms with Crippen molar-refractivity contribution in [1.29, 1.82) is 0 Å². The number of aliphatic imine (C=N–C) groups is 1. The van der Waals surface area contributed by atoms with Crippen LogP contribution in [0.4, 0.5) is 0 Å². The number of ether oxygens (including phenoxy) is 3. The summed E-state index contributed by atoms with van der Waals surface area (Å²) in [5, 5.41) is 6.29. The molecule has 0 bridgehead atoms. The van der Waals surface area contributed by atoms with Gasteiger partial charge in [-0.15, -0.1) is 0 Å². The summed E-state index contributed by atoms with van der Waals surface area (Å²) in [5.74, 6) is 0.279. The van der Waals surface area contributed by atoms with Gasteiger partial charge < -0.3 is 24.8 Å². The van der Waals surface area contributed by atoms with Gasteiger partial charge in [0.1, 0.15) is 12.1 Å². The molecular formula is C16H31N3O4. The predicted octanol–water partition coefficient (Wildman–Crippen LogP) is 1.08. The summed E-state index contributed by atoms with van der Waals surface area (Å²) >= 11 is 0. The molecule has 0 aliphatic carbocycles. The second-order valence-corrected chi connectivity index (χ2v) is 6.42. The van der Waals surface area contributed by atoms with E-state index in [1.54, 1.807) is 0 Å². The Labute approximate surface area is 139 Å². The molecule has 0 aromatic carbocycles. The molecule has 0 spiro atoms. The van der Waals surface area contributed by atoms with Crippen molar-refractivity contribution in [3.63, 3.8) is 0 Å². The quantitative estimate of drug-likeness (QED) is 0.300. The maximum atomic E-state index is 11.7. The van der Waals surface area contributed by atoms with Gasteiger partial charge in [-0.1, -0.05) is 0 Å². The van der Waals surface area contributed by atoms with E-state index in [0.29, 0.717) is 19.2 Å². The van der Waals surface area contributed by atoms with Gasteiger partial charge in [0.05, 0.1) is 12.7 Å². The molecular weight excluding hydrogens is 298 g/mol. The highest BCUT2D eigenvalue weighted by atomic mass is 16.6. The van der Waals surface area contributed by atoms with Crippen LogP contribution in [0.2, 0.25) is 0 Å². The first-order valence-corrected chi connectivity index (χ1v) is 8.34. The Balaban J connectivity index is 2.21. The SMILES string of the molecule is CCNC(=NCC(=O)OC(C)(C)C)NCCCOC1CCOC1. The van der Waals surface area contributed by atoms with Crippen LogP contribution in [0.1, 0.15) is 40.5 Å². The van der Waals surface area contributed by atoms with Gasteiger partial charge in [-0.3, -0.25) is 4.79 Å². The van der Waals surface area contributed by atoms with E-state index in [2.05, 4.69) is 15.6 Å². The first-order chi connectivity index (χ1) is 10.9. The van der Waals surface area contributed by atoms with E-state index in [-0.39, 0.29) is 18.6 Å². The summed E-state index contributed by atoms with van der Waals surface area (Å²) in [7, 11) is 0. The predicted molar refractivity (Wildman–Crippen MR) is 89.6 cm³/mol. The fraction of sp³-hybridized carbons (Fsp3) is 0.875. The summed E-state index contributed by atoms with van der Waals surface area (Å²) in [4.78, 5) is 15.9. The normalized spacial score (nSPS) is 18.8. The largest absolute Gasteiger partial charge is 0.459 e. The van der Waals surface area contributed by atoms with Gasteiger partial charge in [-0.25, -0.2) is 4.99 Å². The molecule has 1 aliphatic rings. The van der Waals surface area contributed by atoms with E-state index >= 15 is 0 Å². The van der Waals surface area contributed by atoms with Gasteiger partial charge in [0, 0.05) is 26.3 Å². The molecule has 7 heteroatoms. The Morgan fingerprint density at radius 3 is 2.74 bits per heavy atom. The van der Waals surface area contributed by atoms with Gasteiger partial charge >= 0.3 is 5.97 Å². The minimum absolute atomic E-state index is 0.00250. The lowest BCUT2D eigenvalue weighted by molar-refractivity contribution is -0.152. The van der Waals surface area contributed by atoms with Gasteiger partial charge in [0.25, 0.3) is 0 Å². The molecule has 1 saturated heterocycles. The molecule has 7 nitrogen and oxygen atoms in total. The molecule has 0 aromatic heterocycles. The number of carbonyl (C=O) groups is 1. The Hall–Kier alpha value is -1.34. The van der Waals surface area contributed by atoms with E-state index in [0.717, 1.165) is 32.5 Å². The zero-order valence-electron chi connectivity index (χ0n) is 14.8. The summed E-state index contributed by atoms with van der Waals surface area (Å²) in [6.07, 6.45) is 2.09. The van der Waals surface area contributed by atoms with Crippen molar-refractivity contribution in [3.05, 3.63) is 0 Å². The monoisotopic (exact) mass is 329 g/mol. The number of rotatable bonds is 8. The molecule has 23 heavy (non-hydrogen) atoms. The van der Waals surface area contributed by atoms with E-state index in [1.807, 2.05) is 27.7 Å². The van der Waals surface area contributed by atoms with Crippen LogP contribution in [0.3, 0.4) is 0 Å². The molecule has 0 radical (unpaired) electrons. The zero-order valence-corrected chi connectivity index (χ0v) is 14.8. The van der Waals surface area contributed by atoms with Crippen molar-refractivity contribution in [1.82, 2.24) is 10.6 Å². The van der Waals surface area contributed by atoms with Crippen LogP contribution >= 0.6 is 0 Å². The van der Waals surface area contributed by atoms with Gasteiger partial charge in [-0.05, 0) is 40.5 Å². The smallest absolute Gasteiger partial charge is 0.328 e. The number of guanidine groups is 1. The fourth-order valence-electron chi connectivity index (χ4n) is 2.03. The first kappa shape index (κ1) is 19.7. The van der Waals surface area contributed by atoms with Crippen LogP contribution in [0.5, 0.6) is 0 Å². The van der Waals surface area contributed by atoms with E-state index in [1.165, 1.54) is 0 Å². The van der Waals surface area contributed by atoms with Crippen molar-refractivity contribution in [2.45, 2.75) is 52.2 Å². The highest BCUT2D eigenvalue weighted by molar-refractivity contribution is 5.83. The summed E-state index contributed by atoms with van der Waals surface area (Å²) in [6.45, 7) is 11.2. The third-order valence-electron chi connectivity index (χ3n) is 2.99. The van der Waals surface area contributed by atoms with Crippen LogP contribution in [-0.4, -0.2) is 63.1 Å². The second kappa shape index (κ2) is 10.4. The van der Waals surface area contributed by atoms with Crippen molar-refractivity contribution < 1.29 is 19.0 Å². The maximum Gasteiger partial charge on any atom is 0.328 e. The highest BCUT2D eigenvalue weighted by Crippen LogP contribution is 2.08. The summed E-state index contributed by atoms with van der Waals surface area (Å²) in [5.41, 5.74) is -0.486. The molecule has 134 valence electrons. The molecule has 1 rings (SSSR count). The molecule has 1 atom stereocenters. The van der Waals surface area contributed by atoms with Crippen LogP contribution in [0.25, 0.3) is 0 Å². The second-order valence-electron chi connectivity index (χ2n) is 6.42. The van der Waals surface area contributed by atoms with Crippen LogP contribution in [0, 0.1) is 0 Å². The minimum Gasteiger partial charge on any atom is -0.459 e. The molecule has 1 unspecified atom stereocenters.